The van der Waals surface area contributed by atoms with Crippen LogP contribution >= 0.6 is 0 Å². The van der Waals surface area contributed by atoms with Gasteiger partial charge in [0.05, 0.1) is 0 Å². The van der Waals surface area contributed by atoms with Gasteiger partial charge in [0.1, 0.15) is 5.75 Å². The Bertz CT molecular complexity index is 362. The number of hydrogen-bond acceptors (Lipinski definition) is 4. The lowest BCUT2D eigenvalue weighted by Gasteiger charge is -2.15. The zero-order chi connectivity index (χ0) is 10.5. The normalized spacial score (nSPS) is 19.9. The van der Waals surface area contributed by atoms with Gasteiger partial charge >= 0.3 is 5.97 Å². The highest BCUT2D eigenvalue weighted by atomic mass is 16.5. The molecule has 0 aromatic heterocycles. The number of ether oxygens (including phenoxy) is 1. The van der Waals surface area contributed by atoms with Gasteiger partial charge in [-0.1, -0.05) is 18.2 Å². The second-order valence-electron chi connectivity index (χ2n) is 3.24. The van der Waals surface area contributed by atoms with Gasteiger partial charge in [0, 0.05) is 19.3 Å². The van der Waals surface area contributed by atoms with Crippen LogP contribution < -0.4 is 10.1 Å². The van der Waals surface area contributed by atoms with E-state index in [1.165, 1.54) is 0 Å². The largest absolute Gasteiger partial charge is 0.425 e. The van der Waals surface area contributed by atoms with Crippen molar-refractivity contribution < 1.29 is 9.53 Å². The maximum Gasteiger partial charge on any atom is 0.337 e. The fourth-order valence-corrected chi connectivity index (χ4v) is 1.33. The second-order valence-corrected chi connectivity index (χ2v) is 3.24. The molecule has 1 aliphatic rings. The van der Waals surface area contributed by atoms with Crippen LogP contribution in [0.3, 0.4) is 0 Å². The molecule has 0 fully saturated rings. The summed E-state index contributed by atoms with van der Waals surface area (Å²) in [5, 5.41) is 3.05. The predicted octanol–water partition coefficient (Wildman–Crippen LogP) is 0.635. The molecule has 78 valence electrons. The molecule has 1 unspecified atom stereocenters. The van der Waals surface area contributed by atoms with Gasteiger partial charge in [0.25, 0.3) is 0 Å². The molecule has 2 rings (SSSR count). The minimum Gasteiger partial charge on any atom is -0.425 e. The molecule has 0 radical (unpaired) electrons. The van der Waals surface area contributed by atoms with Crippen LogP contribution in [0.5, 0.6) is 5.75 Å². The van der Waals surface area contributed by atoms with Crippen molar-refractivity contribution in [1.82, 2.24) is 5.32 Å². The molecule has 0 saturated heterocycles. The van der Waals surface area contributed by atoms with Crippen LogP contribution in [0.4, 0.5) is 0 Å². The van der Waals surface area contributed by atoms with Crippen molar-refractivity contribution >= 4 is 12.2 Å². The number of hydrogen-bond donors (Lipinski definition) is 1. The molecule has 0 spiro atoms. The van der Waals surface area contributed by atoms with Gasteiger partial charge in [-0.3, -0.25) is 4.99 Å². The number of carbonyl (C=O) groups is 1. The molecular formula is C11H12N2O2. The van der Waals surface area contributed by atoms with E-state index in [2.05, 4.69) is 10.3 Å². The first-order valence-corrected chi connectivity index (χ1v) is 4.85. The average Bonchev–Trinajstić information content (AvgIpc) is 2.31. The quantitative estimate of drug-likeness (QED) is 0.568. The SMILES string of the molecule is O=C(Oc1ccccc1)C1CNCC=N1. The van der Waals surface area contributed by atoms with Crippen molar-refractivity contribution in [2.45, 2.75) is 6.04 Å². The summed E-state index contributed by atoms with van der Waals surface area (Å²) < 4.78 is 5.16. The molecule has 0 saturated carbocycles. The maximum atomic E-state index is 11.6. The maximum absolute atomic E-state index is 11.6. The third kappa shape index (κ3) is 2.63. The van der Waals surface area contributed by atoms with Gasteiger partial charge in [-0.05, 0) is 12.1 Å². The van der Waals surface area contributed by atoms with Crippen molar-refractivity contribution in [1.29, 1.82) is 0 Å². The van der Waals surface area contributed by atoms with Crippen LogP contribution in [-0.2, 0) is 4.79 Å². The van der Waals surface area contributed by atoms with Crippen molar-refractivity contribution in [2.75, 3.05) is 13.1 Å². The fraction of sp³-hybridized carbons (Fsp3) is 0.273. The van der Waals surface area contributed by atoms with E-state index >= 15 is 0 Å². The summed E-state index contributed by atoms with van der Waals surface area (Å²) in [6.07, 6.45) is 1.69. The Morgan fingerprint density at radius 3 is 2.87 bits per heavy atom. The molecule has 0 bridgehead atoms. The minimum atomic E-state index is -0.418. The van der Waals surface area contributed by atoms with Crippen LogP contribution in [0.25, 0.3) is 0 Å². The summed E-state index contributed by atoms with van der Waals surface area (Å²) in [5.74, 6) is 0.243. The van der Waals surface area contributed by atoms with E-state index in [1.54, 1.807) is 18.3 Å². The molecule has 1 aromatic carbocycles. The number of carbonyl (C=O) groups excluding carboxylic acids is 1. The van der Waals surface area contributed by atoms with Gasteiger partial charge in [0.15, 0.2) is 6.04 Å². The molecule has 15 heavy (non-hydrogen) atoms. The van der Waals surface area contributed by atoms with Crippen molar-refractivity contribution in [3.05, 3.63) is 30.3 Å². The third-order valence-corrected chi connectivity index (χ3v) is 2.09. The van der Waals surface area contributed by atoms with Gasteiger partial charge in [-0.2, -0.15) is 0 Å². The summed E-state index contributed by atoms with van der Waals surface area (Å²) in [4.78, 5) is 15.7. The predicted molar refractivity (Wildman–Crippen MR) is 57.2 cm³/mol. The number of para-hydroxylation sites is 1. The average molecular weight is 204 g/mol. The van der Waals surface area contributed by atoms with Gasteiger partial charge in [-0.25, -0.2) is 4.79 Å². The van der Waals surface area contributed by atoms with E-state index in [1.807, 2.05) is 18.2 Å². The second kappa shape index (κ2) is 4.70. The topological polar surface area (TPSA) is 50.7 Å². The Morgan fingerprint density at radius 1 is 1.40 bits per heavy atom. The fourth-order valence-electron chi connectivity index (χ4n) is 1.33. The summed E-state index contributed by atoms with van der Waals surface area (Å²) in [6.45, 7) is 1.26. The molecule has 1 N–H and O–H groups in total. The third-order valence-electron chi connectivity index (χ3n) is 2.09. The Morgan fingerprint density at radius 2 is 2.20 bits per heavy atom. The van der Waals surface area contributed by atoms with Crippen LogP contribution in [0, 0.1) is 0 Å². The van der Waals surface area contributed by atoms with Crippen LogP contribution in [0.1, 0.15) is 0 Å². The first kappa shape index (κ1) is 9.86. The highest BCUT2D eigenvalue weighted by Gasteiger charge is 2.20. The Kier molecular flexibility index (Phi) is 3.09. The minimum absolute atomic E-state index is 0.315. The highest BCUT2D eigenvalue weighted by Crippen LogP contribution is 2.10. The molecule has 1 aliphatic heterocycles. The van der Waals surface area contributed by atoms with Crippen molar-refractivity contribution in [2.24, 2.45) is 4.99 Å². The number of esters is 1. The van der Waals surface area contributed by atoms with Crippen LogP contribution in [0.2, 0.25) is 0 Å². The number of nitrogens with zero attached hydrogens (tertiary/aromatic N) is 1. The van der Waals surface area contributed by atoms with Crippen LogP contribution in [-0.4, -0.2) is 31.3 Å². The molecule has 1 heterocycles. The summed E-state index contributed by atoms with van der Waals surface area (Å²) in [7, 11) is 0. The first-order chi connectivity index (χ1) is 7.36. The smallest absolute Gasteiger partial charge is 0.337 e. The van der Waals surface area contributed by atoms with Crippen molar-refractivity contribution in [3.8, 4) is 5.75 Å². The lowest BCUT2D eigenvalue weighted by atomic mass is 10.2. The Hall–Kier alpha value is -1.68. The lowest BCUT2D eigenvalue weighted by Crippen LogP contribution is -2.39. The molecule has 4 nitrogen and oxygen atoms in total. The van der Waals surface area contributed by atoms with E-state index in [4.69, 9.17) is 4.74 Å². The van der Waals surface area contributed by atoms with E-state index in [0.717, 1.165) is 6.54 Å². The van der Waals surface area contributed by atoms with E-state index in [0.29, 0.717) is 12.3 Å². The zero-order valence-electron chi connectivity index (χ0n) is 8.22. The summed E-state index contributed by atoms with van der Waals surface area (Å²) in [6, 6.07) is 8.60. The molecule has 1 aromatic rings. The molecule has 0 aliphatic carbocycles. The number of benzene rings is 1. The standard InChI is InChI=1S/C11H12N2O2/c14-11(10-8-12-6-7-13-10)15-9-4-2-1-3-5-9/h1-5,7,10,12H,6,8H2. The van der Waals surface area contributed by atoms with Crippen LogP contribution in [0.15, 0.2) is 35.3 Å². The van der Waals surface area contributed by atoms with E-state index < -0.39 is 6.04 Å². The molecule has 4 heteroatoms. The number of rotatable bonds is 2. The zero-order valence-corrected chi connectivity index (χ0v) is 8.22. The Balaban J connectivity index is 1.97. The van der Waals surface area contributed by atoms with Gasteiger partial charge < -0.3 is 10.1 Å². The highest BCUT2D eigenvalue weighted by molar-refractivity contribution is 5.81. The van der Waals surface area contributed by atoms with Gasteiger partial charge in [-0.15, -0.1) is 0 Å². The molecular weight excluding hydrogens is 192 g/mol. The van der Waals surface area contributed by atoms with Crippen molar-refractivity contribution in [3.63, 3.8) is 0 Å². The van der Waals surface area contributed by atoms with Gasteiger partial charge in [0.2, 0.25) is 0 Å². The Labute approximate surface area is 88.0 Å². The number of nitrogens with one attached hydrogen (secondary N) is 1. The molecule has 1 atom stereocenters. The number of aliphatic imine (C=N–C) groups is 1. The van der Waals surface area contributed by atoms with E-state index in [9.17, 15) is 4.79 Å². The summed E-state index contributed by atoms with van der Waals surface area (Å²) in [5.41, 5.74) is 0. The first-order valence-electron chi connectivity index (χ1n) is 4.85. The summed E-state index contributed by atoms with van der Waals surface area (Å²) >= 11 is 0. The monoisotopic (exact) mass is 204 g/mol. The lowest BCUT2D eigenvalue weighted by molar-refractivity contribution is -0.135. The molecule has 0 amide bonds. The van der Waals surface area contributed by atoms with E-state index in [-0.39, 0.29) is 5.97 Å².